The number of nitrogens with zero attached hydrogens (tertiary/aromatic N) is 2. The molecule has 0 aliphatic rings. The van der Waals surface area contributed by atoms with Crippen LogP contribution in [-0.4, -0.2) is 18.0 Å². The van der Waals surface area contributed by atoms with Crippen LogP contribution in [0.4, 0.5) is 4.39 Å². The van der Waals surface area contributed by atoms with E-state index in [1.807, 2.05) is 18.5 Å². The van der Waals surface area contributed by atoms with E-state index in [0.29, 0.717) is 19.0 Å². The van der Waals surface area contributed by atoms with Gasteiger partial charge in [-0.15, -0.1) is 11.3 Å². The third kappa shape index (κ3) is 4.03. The van der Waals surface area contributed by atoms with E-state index in [-0.39, 0.29) is 5.82 Å². The zero-order chi connectivity index (χ0) is 14.4. The van der Waals surface area contributed by atoms with Crippen molar-refractivity contribution in [3.63, 3.8) is 0 Å². The molecule has 1 aromatic heterocycles. The highest BCUT2D eigenvalue weighted by Gasteiger charge is 2.03. The Morgan fingerprint density at radius 3 is 2.80 bits per heavy atom. The lowest BCUT2D eigenvalue weighted by Gasteiger charge is -2.11. The molecule has 2 N–H and O–H groups in total. The monoisotopic (exact) mass is 292 g/mol. The van der Waals surface area contributed by atoms with E-state index in [9.17, 15) is 4.39 Å². The average molecular weight is 292 g/mol. The van der Waals surface area contributed by atoms with Crippen LogP contribution in [0.5, 0.6) is 0 Å². The van der Waals surface area contributed by atoms with Crippen molar-refractivity contribution in [2.45, 2.75) is 20.0 Å². The number of nitrogens with one attached hydrogen (secondary N) is 2. The molecule has 2 aromatic rings. The molecule has 6 heteroatoms. The second-order valence-electron chi connectivity index (χ2n) is 4.27. The van der Waals surface area contributed by atoms with Gasteiger partial charge in [0.25, 0.3) is 0 Å². The van der Waals surface area contributed by atoms with Crippen molar-refractivity contribution >= 4 is 17.3 Å². The van der Waals surface area contributed by atoms with E-state index in [2.05, 4.69) is 20.6 Å². The lowest BCUT2D eigenvalue weighted by Crippen LogP contribution is -2.36. The second kappa shape index (κ2) is 7.00. The summed E-state index contributed by atoms with van der Waals surface area (Å²) in [5.41, 5.74) is 3.74. The minimum absolute atomic E-state index is 0.229. The summed E-state index contributed by atoms with van der Waals surface area (Å²) >= 11 is 1.61. The van der Waals surface area contributed by atoms with Crippen LogP contribution in [0.15, 0.2) is 34.8 Å². The van der Waals surface area contributed by atoms with Gasteiger partial charge in [-0.1, -0.05) is 12.1 Å². The van der Waals surface area contributed by atoms with Crippen LogP contribution in [0.25, 0.3) is 0 Å². The lowest BCUT2D eigenvalue weighted by atomic mass is 10.2. The van der Waals surface area contributed by atoms with Gasteiger partial charge in [0.2, 0.25) is 0 Å². The summed E-state index contributed by atoms with van der Waals surface area (Å²) in [5, 5.41) is 6.36. The minimum Gasteiger partial charge on any atom is -0.352 e. The molecule has 4 nitrogen and oxygen atoms in total. The summed E-state index contributed by atoms with van der Waals surface area (Å²) in [6.45, 7) is 3.19. The molecule has 0 bridgehead atoms. The molecular formula is C14H17FN4S. The molecule has 1 heterocycles. The third-order valence-corrected chi connectivity index (χ3v) is 3.77. The molecule has 20 heavy (non-hydrogen) atoms. The van der Waals surface area contributed by atoms with Crippen LogP contribution < -0.4 is 10.6 Å². The molecule has 0 unspecified atom stereocenters. The molecule has 0 aliphatic carbocycles. The Kier molecular flexibility index (Phi) is 5.06. The van der Waals surface area contributed by atoms with Gasteiger partial charge >= 0.3 is 0 Å². The molecule has 0 aliphatic heterocycles. The van der Waals surface area contributed by atoms with Gasteiger partial charge in [0, 0.05) is 18.5 Å². The van der Waals surface area contributed by atoms with Gasteiger partial charge in [0.1, 0.15) is 5.82 Å². The largest absolute Gasteiger partial charge is 0.352 e. The fraction of sp³-hybridized carbons (Fsp3) is 0.286. The quantitative estimate of drug-likeness (QED) is 0.672. The van der Waals surface area contributed by atoms with Gasteiger partial charge in [-0.05, 0) is 24.6 Å². The molecule has 0 saturated heterocycles. The Labute approximate surface area is 121 Å². The van der Waals surface area contributed by atoms with Gasteiger partial charge in [-0.2, -0.15) is 0 Å². The predicted octanol–water partition coefficient (Wildman–Crippen LogP) is 2.46. The highest BCUT2D eigenvalue weighted by atomic mass is 32.1. The second-order valence-corrected chi connectivity index (χ2v) is 5.21. The first-order valence-electron chi connectivity index (χ1n) is 6.27. The number of aromatic nitrogens is 1. The highest BCUT2D eigenvalue weighted by Crippen LogP contribution is 2.11. The maximum absolute atomic E-state index is 13.1. The molecular weight excluding hydrogens is 275 g/mol. The predicted molar refractivity (Wildman–Crippen MR) is 80.3 cm³/mol. The molecule has 0 amide bonds. The maximum Gasteiger partial charge on any atom is 0.191 e. The van der Waals surface area contributed by atoms with Crippen molar-refractivity contribution in [3.05, 3.63) is 51.7 Å². The number of rotatable bonds is 4. The standard InChI is InChI=1S/C14H17FN4S/c1-10-13(20-9-19-10)8-18-14(16-2)17-7-11-4-3-5-12(15)6-11/h3-6,9H,7-8H2,1-2H3,(H2,16,17,18). The van der Waals surface area contributed by atoms with Gasteiger partial charge in [-0.25, -0.2) is 9.37 Å². The first kappa shape index (κ1) is 14.5. The average Bonchev–Trinajstić information content (AvgIpc) is 2.85. The first-order chi connectivity index (χ1) is 9.69. The molecule has 0 saturated carbocycles. The van der Waals surface area contributed by atoms with E-state index in [0.717, 1.165) is 11.3 Å². The number of benzene rings is 1. The maximum atomic E-state index is 13.1. The van der Waals surface area contributed by atoms with Crippen molar-refractivity contribution in [1.29, 1.82) is 0 Å². The number of aryl methyl sites for hydroxylation is 1. The molecule has 2 rings (SSSR count). The van der Waals surface area contributed by atoms with Crippen LogP contribution in [0.2, 0.25) is 0 Å². The minimum atomic E-state index is -0.229. The molecule has 0 atom stereocenters. The summed E-state index contributed by atoms with van der Waals surface area (Å²) in [4.78, 5) is 9.52. The summed E-state index contributed by atoms with van der Waals surface area (Å²) in [5.74, 6) is 0.453. The Balaban J connectivity index is 1.85. The van der Waals surface area contributed by atoms with E-state index >= 15 is 0 Å². The van der Waals surface area contributed by atoms with Crippen molar-refractivity contribution in [2.75, 3.05) is 7.05 Å². The fourth-order valence-electron chi connectivity index (χ4n) is 1.71. The summed E-state index contributed by atoms with van der Waals surface area (Å²) < 4.78 is 13.1. The number of thiazole rings is 1. The zero-order valence-corrected chi connectivity index (χ0v) is 12.3. The normalized spacial score (nSPS) is 11.4. The van der Waals surface area contributed by atoms with Crippen molar-refractivity contribution in [3.8, 4) is 0 Å². The molecule has 0 radical (unpaired) electrons. The number of hydrogen-bond acceptors (Lipinski definition) is 3. The summed E-state index contributed by atoms with van der Waals surface area (Å²) in [6, 6.07) is 6.51. The third-order valence-electron chi connectivity index (χ3n) is 2.83. The SMILES string of the molecule is CN=C(NCc1cccc(F)c1)NCc1scnc1C. The molecule has 0 spiro atoms. The van der Waals surface area contributed by atoms with E-state index in [1.54, 1.807) is 24.5 Å². The van der Waals surface area contributed by atoms with Crippen molar-refractivity contribution in [2.24, 2.45) is 4.99 Å². The summed E-state index contributed by atoms with van der Waals surface area (Å²) in [7, 11) is 1.71. The van der Waals surface area contributed by atoms with Crippen LogP contribution in [-0.2, 0) is 13.1 Å². The van der Waals surface area contributed by atoms with Gasteiger partial charge in [-0.3, -0.25) is 4.99 Å². The van der Waals surface area contributed by atoms with Crippen LogP contribution >= 0.6 is 11.3 Å². The van der Waals surface area contributed by atoms with E-state index < -0.39 is 0 Å². The number of aliphatic imine (C=N–C) groups is 1. The Hall–Kier alpha value is -1.95. The Morgan fingerprint density at radius 2 is 2.15 bits per heavy atom. The van der Waals surface area contributed by atoms with Gasteiger partial charge in [0.15, 0.2) is 5.96 Å². The molecule has 1 aromatic carbocycles. The Morgan fingerprint density at radius 1 is 1.35 bits per heavy atom. The zero-order valence-electron chi connectivity index (χ0n) is 11.5. The lowest BCUT2D eigenvalue weighted by molar-refractivity contribution is 0.624. The number of hydrogen-bond donors (Lipinski definition) is 2. The molecule has 0 fully saturated rings. The van der Waals surface area contributed by atoms with E-state index in [1.165, 1.54) is 17.0 Å². The highest BCUT2D eigenvalue weighted by molar-refractivity contribution is 7.09. The first-order valence-corrected chi connectivity index (χ1v) is 7.15. The molecule has 106 valence electrons. The van der Waals surface area contributed by atoms with E-state index in [4.69, 9.17) is 0 Å². The number of guanidine groups is 1. The Bertz CT molecular complexity index is 594. The van der Waals surface area contributed by atoms with Gasteiger partial charge in [0.05, 0.1) is 17.7 Å². The van der Waals surface area contributed by atoms with Gasteiger partial charge < -0.3 is 10.6 Å². The number of halogens is 1. The van der Waals surface area contributed by atoms with Crippen LogP contribution in [0, 0.1) is 12.7 Å². The van der Waals surface area contributed by atoms with Crippen molar-refractivity contribution in [1.82, 2.24) is 15.6 Å². The van der Waals surface area contributed by atoms with Crippen molar-refractivity contribution < 1.29 is 4.39 Å². The fourth-order valence-corrected chi connectivity index (χ4v) is 2.43. The van der Waals surface area contributed by atoms with Crippen LogP contribution in [0.1, 0.15) is 16.1 Å². The smallest absolute Gasteiger partial charge is 0.191 e. The summed E-state index contributed by atoms with van der Waals surface area (Å²) in [6.07, 6.45) is 0. The van der Waals surface area contributed by atoms with Crippen LogP contribution in [0.3, 0.4) is 0 Å². The topological polar surface area (TPSA) is 49.3 Å².